The third kappa shape index (κ3) is 4.62. The van der Waals surface area contributed by atoms with Gasteiger partial charge in [0.1, 0.15) is 5.82 Å². The largest absolute Gasteiger partial charge is 0.383 e. The quantitative estimate of drug-likeness (QED) is 0.776. The SMILES string of the molecule is COCCNCc1cn(Cc2ccc(Br)cc2F)nc1C. The summed E-state index contributed by atoms with van der Waals surface area (Å²) in [6.45, 7) is 4.59. The van der Waals surface area contributed by atoms with Crippen LogP contribution in [0.2, 0.25) is 0 Å². The summed E-state index contributed by atoms with van der Waals surface area (Å²) < 4.78 is 21.3. The van der Waals surface area contributed by atoms with Crippen LogP contribution in [0.15, 0.2) is 28.9 Å². The van der Waals surface area contributed by atoms with Crippen LogP contribution in [0.1, 0.15) is 16.8 Å². The Hall–Kier alpha value is -1.24. The van der Waals surface area contributed by atoms with Crippen molar-refractivity contribution in [2.24, 2.45) is 0 Å². The number of nitrogens with zero attached hydrogens (tertiary/aromatic N) is 2. The second-order valence-corrected chi connectivity index (χ2v) is 5.76. The third-order valence-electron chi connectivity index (χ3n) is 3.19. The highest BCUT2D eigenvalue weighted by atomic mass is 79.9. The van der Waals surface area contributed by atoms with Crippen LogP contribution in [0.5, 0.6) is 0 Å². The minimum Gasteiger partial charge on any atom is -0.383 e. The van der Waals surface area contributed by atoms with Crippen molar-refractivity contribution in [2.75, 3.05) is 20.3 Å². The monoisotopic (exact) mass is 355 g/mol. The first kappa shape index (κ1) is 16.1. The van der Waals surface area contributed by atoms with Gasteiger partial charge < -0.3 is 10.1 Å². The van der Waals surface area contributed by atoms with Crippen molar-refractivity contribution in [2.45, 2.75) is 20.0 Å². The van der Waals surface area contributed by atoms with Crippen molar-refractivity contribution in [3.63, 3.8) is 0 Å². The van der Waals surface area contributed by atoms with Gasteiger partial charge in [-0.2, -0.15) is 5.10 Å². The molecule has 2 rings (SSSR count). The first-order valence-electron chi connectivity index (χ1n) is 6.76. The lowest BCUT2D eigenvalue weighted by Gasteiger charge is -2.04. The predicted molar refractivity (Wildman–Crippen MR) is 83.7 cm³/mol. The lowest BCUT2D eigenvalue weighted by Crippen LogP contribution is -2.18. The highest BCUT2D eigenvalue weighted by molar-refractivity contribution is 9.10. The fraction of sp³-hybridized carbons (Fsp3) is 0.400. The van der Waals surface area contributed by atoms with E-state index >= 15 is 0 Å². The molecule has 0 fully saturated rings. The summed E-state index contributed by atoms with van der Waals surface area (Å²) >= 11 is 3.26. The number of ether oxygens (including phenoxy) is 1. The van der Waals surface area contributed by atoms with E-state index in [0.717, 1.165) is 28.8 Å². The molecule has 0 saturated carbocycles. The Morgan fingerprint density at radius 1 is 1.38 bits per heavy atom. The van der Waals surface area contributed by atoms with Crippen LogP contribution in [-0.4, -0.2) is 30.0 Å². The molecule has 2 aromatic rings. The molecule has 0 aliphatic heterocycles. The summed E-state index contributed by atoms with van der Waals surface area (Å²) in [5.74, 6) is -0.225. The molecule has 0 unspecified atom stereocenters. The average molecular weight is 356 g/mol. The minimum absolute atomic E-state index is 0.225. The normalized spacial score (nSPS) is 11.0. The Bertz CT molecular complexity index is 601. The molecule has 1 aromatic carbocycles. The van der Waals surface area contributed by atoms with E-state index in [4.69, 9.17) is 4.74 Å². The van der Waals surface area contributed by atoms with Gasteiger partial charge in [0.25, 0.3) is 0 Å². The van der Waals surface area contributed by atoms with Crippen LogP contribution in [-0.2, 0) is 17.8 Å². The van der Waals surface area contributed by atoms with E-state index in [1.165, 1.54) is 6.07 Å². The summed E-state index contributed by atoms with van der Waals surface area (Å²) in [5.41, 5.74) is 2.70. The Kier molecular flexibility index (Phi) is 5.90. The van der Waals surface area contributed by atoms with Gasteiger partial charge >= 0.3 is 0 Å². The van der Waals surface area contributed by atoms with E-state index < -0.39 is 0 Å². The molecule has 114 valence electrons. The molecule has 4 nitrogen and oxygen atoms in total. The lowest BCUT2D eigenvalue weighted by atomic mass is 10.2. The predicted octanol–water partition coefficient (Wildman–Crippen LogP) is 2.88. The van der Waals surface area contributed by atoms with E-state index in [0.29, 0.717) is 18.7 Å². The molecule has 0 amide bonds. The molecule has 1 heterocycles. The van der Waals surface area contributed by atoms with Crippen LogP contribution < -0.4 is 5.32 Å². The second kappa shape index (κ2) is 7.68. The fourth-order valence-electron chi connectivity index (χ4n) is 2.04. The number of nitrogens with one attached hydrogen (secondary N) is 1. The highest BCUT2D eigenvalue weighted by Gasteiger charge is 2.08. The molecule has 6 heteroatoms. The maximum absolute atomic E-state index is 13.8. The Labute approximate surface area is 132 Å². The molecule has 0 atom stereocenters. The maximum Gasteiger partial charge on any atom is 0.129 e. The van der Waals surface area contributed by atoms with Gasteiger partial charge in [0, 0.05) is 42.0 Å². The van der Waals surface area contributed by atoms with E-state index in [1.54, 1.807) is 17.9 Å². The molecule has 0 spiro atoms. The summed E-state index contributed by atoms with van der Waals surface area (Å²) in [6.07, 6.45) is 1.95. The summed E-state index contributed by atoms with van der Waals surface area (Å²) in [7, 11) is 1.68. The Morgan fingerprint density at radius 3 is 2.90 bits per heavy atom. The van der Waals surface area contributed by atoms with E-state index in [9.17, 15) is 4.39 Å². The first-order chi connectivity index (χ1) is 10.1. The summed E-state index contributed by atoms with van der Waals surface area (Å²) in [4.78, 5) is 0. The van der Waals surface area contributed by atoms with Crippen molar-refractivity contribution in [3.8, 4) is 0 Å². The third-order valence-corrected chi connectivity index (χ3v) is 3.69. The molecule has 0 aliphatic rings. The second-order valence-electron chi connectivity index (χ2n) is 4.84. The number of hydrogen-bond donors (Lipinski definition) is 1. The molecular formula is C15H19BrFN3O. The number of aromatic nitrogens is 2. The molecule has 1 N–H and O–H groups in total. The van der Waals surface area contributed by atoms with Gasteiger partial charge in [0.15, 0.2) is 0 Å². The standard InChI is InChI=1S/C15H19BrFN3O/c1-11-13(8-18-5-6-21-2)10-20(19-11)9-12-3-4-14(16)7-15(12)17/h3-4,7,10,18H,5-6,8-9H2,1-2H3. The molecule has 21 heavy (non-hydrogen) atoms. The van der Waals surface area contributed by atoms with Crippen LogP contribution in [0.25, 0.3) is 0 Å². The number of methoxy groups -OCH3 is 1. The van der Waals surface area contributed by atoms with E-state index in [2.05, 4.69) is 26.3 Å². The van der Waals surface area contributed by atoms with Crippen LogP contribution >= 0.6 is 15.9 Å². The number of rotatable bonds is 7. The number of halogens is 2. The molecule has 0 aliphatic carbocycles. The topological polar surface area (TPSA) is 39.1 Å². The van der Waals surface area contributed by atoms with E-state index in [1.807, 2.05) is 19.2 Å². The van der Waals surface area contributed by atoms with Crippen molar-refractivity contribution >= 4 is 15.9 Å². The van der Waals surface area contributed by atoms with Crippen molar-refractivity contribution < 1.29 is 9.13 Å². The molecule has 0 radical (unpaired) electrons. The Morgan fingerprint density at radius 2 is 2.19 bits per heavy atom. The van der Waals surface area contributed by atoms with Gasteiger partial charge in [0.05, 0.1) is 18.8 Å². The summed E-state index contributed by atoms with van der Waals surface area (Å²) in [6, 6.07) is 5.08. The van der Waals surface area contributed by atoms with Crippen molar-refractivity contribution in [1.82, 2.24) is 15.1 Å². The van der Waals surface area contributed by atoms with Gasteiger partial charge in [-0.05, 0) is 19.1 Å². The average Bonchev–Trinajstić information content (AvgIpc) is 2.78. The minimum atomic E-state index is -0.225. The zero-order chi connectivity index (χ0) is 15.2. The smallest absolute Gasteiger partial charge is 0.129 e. The van der Waals surface area contributed by atoms with Gasteiger partial charge in [-0.25, -0.2) is 4.39 Å². The van der Waals surface area contributed by atoms with Gasteiger partial charge in [-0.1, -0.05) is 22.0 Å². The van der Waals surface area contributed by atoms with Gasteiger partial charge in [-0.3, -0.25) is 4.68 Å². The Balaban J connectivity index is 2.01. The van der Waals surface area contributed by atoms with Crippen LogP contribution in [0.3, 0.4) is 0 Å². The molecule has 0 saturated heterocycles. The molecular weight excluding hydrogens is 337 g/mol. The maximum atomic E-state index is 13.8. The fourth-order valence-corrected chi connectivity index (χ4v) is 2.37. The number of hydrogen-bond acceptors (Lipinski definition) is 3. The van der Waals surface area contributed by atoms with Crippen LogP contribution in [0, 0.1) is 12.7 Å². The molecule has 1 aromatic heterocycles. The van der Waals surface area contributed by atoms with Gasteiger partial charge in [-0.15, -0.1) is 0 Å². The zero-order valence-corrected chi connectivity index (χ0v) is 13.8. The van der Waals surface area contributed by atoms with Crippen LogP contribution in [0.4, 0.5) is 4.39 Å². The number of benzene rings is 1. The van der Waals surface area contributed by atoms with Crippen molar-refractivity contribution in [3.05, 3.63) is 51.5 Å². The first-order valence-corrected chi connectivity index (χ1v) is 7.56. The molecule has 0 bridgehead atoms. The van der Waals surface area contributed by atoms with Crippen molar-refractivity contribution in [1.29, 1.82) is 0 Å². The summed E-state index contributed by atoms with van der Waals surface area (Å²) in [5, 5.41) is 7.72. The van der Waals surface area contributed by atoms with Gasteiger partial charge in [0.2, 0.25) is 0 Å². The zero-order valence-electron chi connectivity index (χ0n) is 12.2. The van der Waals surface area contributed by atoms with E-state index in [-0.39, 0.29) is 5.82 Å². The number of aryl methyl sites for hydroxylation is 1. The highest BCUT2D eigenvalue weighted by Crippen LogP contribution is 2.16. The lowest BCUT2D eigenvalue weighted by molar-refractivity contribution is 0.199.